The molecule has 1 fully saturated rings. The lowest BCUT2D eigenvalue weighted by molar-refractivity contribution is -0.138. The summed E-state index contributed by atoms with van der Waals surface area (Å²) < 4.78 is 67.3. The van der Waals surface area contributed by atoms with E-state index in [2.05, 4.69) is 40.2 Å². The van der Waals surface area contributed by atoms with Gasteiger partial charge in [-0.1, -0.05) is 33.6 Å². The fourth-order valence-electron chi connectivity index (χ4n) is 4.96. The monoisotopic (exact) mass is 567 g/mol. The summed E-state index contributed by atoms with van der Waals surface area (Å²) in [7, 11) is 2.56. The van der Waals surface area contributed by atoms with Gasteiger partial charge in [-0.25, -0.2) is 4.21 Å². The van der Waals surface area contributed by atoms with E-state index in [1.807, 2.05) is 6.07 Å². The molecule has 0 saturated heterocycles. The number of hydrogen-bond donors (Lipinski definition) is 3. The highest BCUT2D eigenvalue weighted by atomic mass is 32.2. The molecule has 1 aromatic carbocycles. The van der Waals surface area contributed by atoms with E-state index in [0.717, 1.165) is 42.2 Å². The van der Waals surface area contributed by atoms with Crippen molar-refractivity contribution in [1.29, 1.82) is 0 Å². The van der Waals surface area contributed by atoms with Crippen LogP contribution in [0.4, 0.5) is 18.9 Å². The maximum absolute atomic E-state index is 13.6. The van der Waals surface area contributed by atoms with Gasteiger partial charge in [0.05, 0.1) is 29.1 Å². The second-order valence-electron chi connectivity index (χ2n) is 10.7. The molecule has 0 radical (unpaired) electrons. The van der Waals surface area contributed by atoms with Crippen LogP contribution in [0.2, 0.25) is 0 Å². The summed E-state index contributed by atoms with van der Waals surface area (Å²) in [5, 5.41) is 16.8. The van der Waals surface area contributed by atoms with E-state index in [-0.39, 0.29) is 34.7 Å². The van der Waals surface area contributed by atoms with E-state index >= 15 is 0 Å². The van der Waals surface area contributed by atoms with Crippen molar-refractivity contribution in [3.05, 3.63) is 46.9 Å². The Morgan fingerprint density at radius 2 is 1.82 bits per heavy atom. The summed E-state index contributed by atoms with van der Waals surface area (Å²) in [6.45, 7) is 6.24. The smallest absolute Gasteiger partial charge is 0.417 e. The lowest BCUT2D eigenvalue weighted by Crippen LogP contribution is -2.42. The van der Waals surface area contributed by atoms with Crippen molar-refractivity contribution in [1.82, 2.24) is 10.2 Å². The zero-order chi connectivity index (χ0) is 28.7. The summed E-state index contributed by atoms with van der Waals surface area (Å²) in [6.07, 6.45) is 0.721. The van der Waals surface area contributed by atoms with Crippen LogP contribution in [-0.4, -0.2) is 45.9 Å². The Kier molecular flexibility index (Phi) is 7.84. The Bertz CT molecular complexity index is 1340. The second kappa shape index (κ2) is 10.7. The van der Waals surface area contributed by atoms with E-state index in [1.165, 1.54) is 14.1 Å². The number of benzene rings is 1. The zero-order valence-corrected chi connectivity index (χ0v) is 23.2. The van der Waals surface area contributed by atoms with Gasteiger partial charge in [-0.2, -0.15) is 13.2 Å². The normalized spacial score (nSPS) is 19.6. The molecule has 2 aromatic rings. The van der Waals surface area contributed by atoms with Gasteiger partial charge < -0.3 is 25.1 Å². The molecule has 1 aliphatic carbocycles. The van der Waals surface area contributed by atoms with Crippen LogP contribution in [0.5, 0.6) is 5.75 Å². The molecule has 2 heterocycles. The molecule has 4 rings (SSSR count). The third-order valence-corrected chi connectivity index (χ3v) is 7.91. The van der Waals surface area contributed by atoms with E-state index in [4.69, 9.17) is 4.42 Å². The van der Waals surface area contributed by atoms with E-state index in [0.29, 0.717) is 11.8 Å². The number of hydrogen-bond acceptors (Lipinski definition) is 6. The van der Waals surface area contributed by atoms with Gasteiger partial charge in [-0.15, -0.1) is 8.80 Å². The van der Waals surface area contributed by atoms with E-state index in [1.54, 1.807) is 6.26 Å². The number of aromatic hydroxyl groups is 1. The van der Waals surface area contributed by atoms with Gasteiger partial charge in [0, 0.05) is 14.1 Å². The minimum atomic E-state index is -4.88. The molecule has 1 saturated carbocycles. The number of carbonyl (C=O) groups excluding carboxylic acids is 1. The van der Waals surface area contributed by atoms with Gasteiger partial charge in [0.2, 0.25) is 0 Å². The number of anilines is 1. The molecular weight excluding hydrogens is 535 g/mol. The number of nitrogens with one attached hydrogen (secondary N) is 2. The van der Waals surface area contributed by atoms with Gasteiger partial charge in [0.1, 0.15) is 5.76 Å². The fraction of sp³-hybridized carbons (Fsp3) is 0.500. The lowest BCUT2D eigenvalue weighted by Gasteiger charge is -2.34. The van der Waals surface area contributed by atoms with E-state index < -0.39 is 40.1 Å². The maximum Gasteiger partial charge on any atom is 0.417 e. The number of phenols is 1. The van der Waals surface area contributed by atoms with Gasteiger partial charge in [-0.3, -0.25) is 4.79 Å². The van der Waals surface area contributed by atoms with Crippen LogP contribution >= 0.6 is 0 Å². The Hall–Kier alpha value is -3.35. The summed E-state index contributed by atoms with van der Waals surface area (Å²) in [5.41, 5.74) is -1.59. The van der Waals surface area contributed by atoms with Crippen LogP contribution in [0, 0.1) is 5.41 Å². The number of nitrogens with zero attached hydrogens (tertiary/aromatic N) is 3. The first-order valence-corrected chi connectivity index (χ1v) is 13.6. The van der Waals surface area contributed by atoms with Crippen LogP contribution in [-0.2, 0) is 17.3 Å². The van der Waals surface area contributed by atoms with Crippen molar-refractivity contribution in [2.24, 2.45) is 14.2 Å². The van der Waals surface area contributed by atoms with Gasteiger partial charge in [-0.05, 0) is 47.9 Å². The molecule has 39 heavy (non-hydrogen) atoms. The number of phenolic OH excluding ortho intramolecular Hbond substituents is 1. The Labute approximate surface area is 227 Å². The molecule has 1 unspecified atom stereocenters. The quantitative estimate of drug-likeness (QED) is 0.394. The predicted molar refractivity (Wildman–Crippen MR) is 143 cm³/mol. The average Bonchev–Trinajstić information content (AvgIpc) is 3.58. The summed E-state index contributed by atoms with van der Waals surface area (Å²) in [5.74, 6) is -0.950. The molecule has 3 N–H and O–H groups in total. The summed E-state index contributed by atoms with van der Waals surface area (Å²) >= 11 is -2.01. The highest BCUT2D eigenvalue weighted by Gasteiger charge is 2.42. The molecule has 212 valence electrons. The van der Waals surface area contributed by atoms with Gasteiger partial charge in [0.15, 0.2) is 17.4 Å². The second-order valence-corrected chi connectivity index (χ2v) is 11.5. The van der Waals surface area contributed by atoms with Crippen LogP contribution in [0.3, 0.4) is 0 Å². The van der Waals surface area contributed by atoms with Crippen molar-refractivity contribution < 1.29 is 31.7 Å². The zero-order valence-electron chi connectivity index (χ0n) is 22.3. The molecule has 9 nitrogen and oxygen atoms in total. The number of amides is 1. The predicted octanol–water partition coefficient (Wildman–Crippen LogP) is 5.54. The fourth-order valence-corrected chi connectivity index (χ4v) is 5.58. The van der Waals surface area contributed by atoms with Gasteiger partial charge >= 0.3 is 6.18 Å². The number of rotatable bonds is 6. The minimum absolute atomic E-state index is 0.0473. The van der Waals surface area contributed by atoms with Crippen LogP contribution < -0.4 is 10.6 Å². The number of furan rings is 1. The third-order valence-electron chi connectivity index (χ3n) is 7.23. The molecule has 1 aromatic heterocycles. The molecule has 2 atom stereocenters. The number of carbonyl (C=O) groups is 1. The average molecular weight is 568 g/mol. The number of amidine groups is 2. The molecular formula is C26H32F3N5O4S. The highest BCUT2D eigenvalue weighted by Crippen LogP contribution is 2.48. The highest BCUT2D eigenvalue weighted by molar-refractivity contribution is 7.83. The van der Waals surface area contributed by atoms with Gasteiger partial charge in [0.25, 0.3) is 17.1 Å². The van der Waals surface area contributed by atoms with Crippen molar-refractivity contribution >= 4 is 34.4 Å². The SMILES string of the molecule is CC(C)c1coc([C@H](NC2=NS(=O)N=C2Nc2ccc(C(F)(F)F)c(C(=O)N(C)C)c2O)C2(C)CCCC2)c1. The Balaban J connectivity index is 1.68. The summed E-state index contributed by atoms with van der Waals surface area (Å²) in [6, 6.07) is 3.31. The molecule has 1 aliphatic heterocycles. The van der Waals surface area contributed by atoms with Crippen LogP contribution in [0.15, 0.2) is 37.7 Å². The molecule has 0 bridgehead atoms. The van der Waals surface area contributed by atoms with Crippen LogP contribution in [0.1, 0.15) is 85.7 Å². The standard InChI is InChI=1S/C26H32F3N5O4S/c1-14(2)15-12-18(38-13-15)21(25(3)10-6-7-11-25)31-23-22(32-39(37)33-23)30-17-9-8-16(26(27,28)29)19(20(17)35)24(36)34(4)5/h8-9,12-14,21,35H,6-7,10-11H2,1-5H3,(H,30,32)(H,31,33)/t21-,39?/m0/s1. The number of halogens is 3. The minimum Gasteiger partial charge on any atom is -0.505 e. The van der Waals surface area contributed by atoms with Crippen molar-refractivity contribution in [2.45, 2.75) is 64.6 Å². The number of alkyl halides is 3. The summed E-state index contributed by atoms with van der Waals surface area (Å²) in [4.78, 5) is 13.5. The molecule has 13 heteroatoms. The van der Waals surface area contributed by atoms with Crippen molar-refractivity contribution in [2.75, 3.05) is 19.4 Å². The molecule has 2 aliphatic rings. The molecule has 0 spiro atoms. The first-order chi connectivity index (χ1) is 18.2. The largest absolute Gasteiger partial charge is 0.505 e. The molecule has 1 amide bonds. The maximum atomic E-state index is 13.6. The Morgan fingerprint density at radius 1 is 1.18 bits per heavy atom. The van der Waals surface area contributed by atoms with Crippen molar-refractivity contribution in [3.8, 4) is 5.75 Å². The third kappa shape index (κ3) is 5.82. The first-order valence-electron chi connectivity index (χ1n) is 12.6. The topological polar surface area (TPSA) is 120 Å². The van der Waals surface area contributed by atoms with Crippen LogP contribution in [0.25, 0.3) is 0 Å². The Morgan fingerprint density at radius 3 is 2.38 bits per heavy atom. The van der Waals surface area contributed by atoms with Crippen molar-refractivity contribution in [3.63, 3.8) is 0 Å². The van der Waals surface area contributed by atoms with E-state index in [9.17, 15) is 27.3 Å². The lowest BCUT2D eigenvalue weighted by atomic mass is 9.79. The first kappa shape index (κ1) is 28.7.